The van der Waals surface area contributed by atoms with E-state index in [-0.39, 0.29) is 12.5 Å². The second-order valence-electron chi connectivity index (χ2n) is 6.32. The Hall–Kier alpha value is -2.83. The lowest BCUT2D eigenvalue weighted by Crippen LogP contribution is -2.44. The predicted molar refractivity (Wildman–Crippen MR) is 101 cm³/mol. The molecule has 0 fully saturated rings. The molecule has 0 saturated heterocycles. The number of amides is 1. The molecule has 2 atom stereocenters. The van der Waals surface area contributed by atoms with Gasteiger partial charge in [-0.15, -0.1) is 0 Å². The Morgan fingerprint density at radius 1 is 1.07 bits per heavy atom. The van der Waals surface area contributed by atoms with Crippen LogP contribution in [0.4, 0.5) is 0 Å². The van der Waals surface area contributed by atoms with Crippen LogP contribution in [0.5, 0.6) is 0 Å². The zero-order valence-corrected chi connectivity index (χ0v) is 16.4. The molecule has 0 unspecified atom stereocenters. The van der Waals surface area contributed by atoms with Gasteiger partial charge in [0.1, 0.15) is 6.04 Å². The SMILES string of the molecule is CCOC(=O)[C@H](N/C(C)=C\C(=O)N[C@H](C(=O)OC)C(C)C)c1ccccc1. The van der Waals surface area contributed by atoms with Crippen LogP contribution >= 0.6 is 0 Å². The standard InChI is InChI=1S/C20H28N2O5/c1-6-27-20(25)18(15-10-8-7-9-11-15)21-14(4)12-16(23)22-17(13(2)3)19(24)26-5/h7-13,17-18,21H,6H2,1-5H3,(H,22,23)/b14-12-/t17-,18+/m0/s1. The monoisotopic (exact) mass is 376 g/mol. The van der Waals surface area contributed by atoms with Gasteiger partial charge in [-0.1, -0.05) is 44.2 Å². The van der Waals surface area contributed by atoms with Crippen LogP contribution in [0.25, 0.3) is 0 Å². The zero-order chi connectivity index (χ0) is 20.4. The van der Waals surface area contributed by atoms with Gasteiger partial charge in [0.25, 0.3) is 0 Å². The summed E-state index contributed by atoms with van der Waals surface area (Å²) in [7, 11) is 1.27. The maximum atomic E-state index is 12.3. The van der Waals surface area contributed by atoms with E-state index in [2.05, 4.69) is 10.6 Å². The van der Waals surface area contributed by atoms with Crippen molar-refractivity contribution >= 4 is 17.8 Å². The summed E-state index contributed by atoms with van der Waals surface area (Å²) in [6, 6.07) is 7.60. The maximum Gasteiger partial charge on any atom is 0.333 e. The molecule has 0 bridgehead atoms. The van der Waals surface area contributed by atoms with Gasteiger partial charge in [-0.25, -0.2) is 9.59 Å². The number of hydrogen-bond acceptors (Lipinski definition) is 6. The molecule has 1 aromatic rings. The molecule has 1 rings (SSSR count). The van der Waals surface area contributed by atoms with Gasteiger partial charge in [-0.2, -0.15) is 0 Å². The molecule has 0 spiro atoms. The van der Waals surface area contributed by atoms with Crippen molar-refractivity contribution in [3.05, 3.63) is 47.7 Å². The predicted octanol–water partition coefficient (Wildman–Crippen LogP) is 2.10. The van der Waals surface area contributed by atoms with Crippen molar-refractivity contribution in [2.24, 2.45) is 5.92 Å². The summed E-state index contributed by atoms with van der Waals surface area (Å²) in [6.45, 7) is 7.26. The van der Waals surface area contributed by atoms with E-state index in [1.807, 2.05) is 32.0 Å². The topological polar surface area (TPSA) is 93.7 Å². The van der Waals surface area contributed by atoms with E-state index in [0.29, 0.717) is 5.70 Å². The quantitative estimate of drug-likeness (QED) is 0.506. The number of methoxy groups -OCH3 is 1. The van der Waals surface area contributed by atoms with E-state index in [1.165, 1.54) is 13.2 Å². The minimum absolute atomic E-state index is 0.125. The average molecular weight is 376 g/mol. The lowest BCUT2D eigenvalue weighted by molar-refractivity contribution is -0.146. The Kier molecular flexibility index (Phi) is 9.05. The fraction of sp³-hybridized carbons (Fsp3) is 0.450. The Morgan fingerprint density at radius 3 is 2.22 bits per heavy atom. The summed E-state index contributed by atoms with van der Waals surface area (Å²) < 4.78 is 9.83. The molecule has 0 aliphatic carbocycles. The third kappa shape index (κ3) is 7.13. The van der Waals surface area contributed by atoms with Crippen LogP contribution in [0.2, 0.25) is 0 Å². The first-order valence-electron chi connectivity index (χ1n) is 8.84. The van der Waals surface area contributed by atoms with Crippen LogP contribution in [0.1, 0.15) is 39.3 Å². The molecule has 27 heavy (non-hydrogen) atoms. The van der Waals surface area contributed by atoms with Crippen molar-refractivity contribution in [2.75, 3.05) is 13.7 Å². The van der Waals surface area contributed by atoms with Crippen LogP contribution in [0.3, 0.4) is 0 Å². The molecule has 0 aliphatic rings. The fourth-order valence-corrected chi connectivity index (χ4v) is 2.44. The molecular weight excluding hydrogens is 348 g/mol. The first-order valence-corrected chi connectivity index (χ1v) is 8.84. The summed E-state index contributed by atoms with van der Waals surface area (Å²) >= 11 is 0. The molecular formula is C20H28N2O5. The largest absolute Gasteiger partial charge is 0.467 e. The number of carbonyl (C=O) groups is 3. The van der Waals surface area contributed by atoms with E-state index in [1.54, 1.807) is 26.0 Å². The van der Waals surface area contributed by atoms with Crippen molar-refractivity contribution < 1.29 is 23.9 Å². The fourth-order valence-electron chi connectivity index (χ4n) is 2.44. The van der Waals surface area contributed by atoms with Crippen molar-refractivity contribution in [1.29, 1.82) is 0 Å². The van der Waals surface area contributed by atoms with Gasteiger partial charge in [0, 0.05) is 11.8 Å². The molecule has 7 heteroatoms. The summed E-state index contributed by atoms with van der Waals surface area (Å²) in [6.07, 6.45) is 1.30. The van der Waals surface area contributed by atoms with Crippen molar-refractivity contribution in [3.63, 3.8) is 0 Å². The second kappa shape index (κ2) is 11.0. The smallest absolute Gasteiger partial charge is 0.333 e. The molecule has 2 N–H and O–H groups in total. The number of benzene rings is 1. The highest BCUT2D eigenvalue weighted by Crippen LogP contribution is 2.16. The molecule has 0 aliphatic heterocycles. The number of allylic oxidation sites excluding steroid dienone is 1. The lowest BCUT2D eigenvalue weighted by Gasteiger charge is -2.20. The van der Waals surface area contributed by atoms with Crippen LogP contribution in [-0.2, 0) is 23.9 Å². The molecule has 1 aromatic carbocycles. The van der Waals surface area contributed by atoms with Crippen LogP contribution < -0.4 is 10.6 Å². The Balaban J connectivity index is 2.90. The first kappa shape index (κ1) is 22.2. The van der Waals surface area contributed by atoms with Crippen molar-refractivity contribution in [2.45, 2.75) is 39.8 Å². The lowest BCUT2D eigenvalue weighted by atomic mass is 10.0. The van der Waals surface area contributed by atoms with Crippen LogP contribution in [-0.4, -0.2) is 37.6 Å². The number of rotatable bonds is 9. The average Bonchev–Trinajstić information content (AvgIpc) is 2.64. The van der Waals surface area contributed by atoms with Gasteiger partial charge < -0.3 is 20.1 Å². The molecule has 148 valence electrons. The first-order chi connectivity index (χ1) is 12.8. The van der Waals surface area contributed by atoms with Gasteiger partial charge in [-0.05, 0) is 25.3 Å². The van der Waals surface area contributed by atoms with E-state index in [9.17, 15) is 14.4 Å². The molecule has 0 radical (unpaired) electrons. The van der Waals surface area contributed by atoms with Crippen LogP contribution in [0, 0.1) is 5.92 Å². The normalized spacial score (nSPS) is 13.5. The summed E-state index contributed by atoms with van der Waals surface area (Å²) in [5, 5.41) is 5.62. The van der Waals surface area contributed by atoms with E-state index >= 15 is 0 Å². The second-order valence-corrected chi connectivity index (χ2v) is 6.32. The number of carbonyl (C=O) groups excluding carboxylic acids is 3. The number of ether oxygens (including phenoxy) is 2. The highest BCUT2D eigenvalue weighted by atomic mass is 16.5. The number of esters is 2. The molecule has 1 amide bonds. The molecule has 7 nitrogen and oxygen atoms in total. The minimum Gasteiger partial charge on any atom is -0.467 e. The molecule has 0 heterocycles. The third-order valence-electron chi connectivity index (χ3n) is 3.79. The summed E-state index contributed by atoms with van der Waals surface area (Å²) in [5.74, 6) is -1.53. The van der Waals surface area contributed by atoms with Crippen molar-refractivity contribution in [1.82, 2.24) is 10.6 Å². The zero-order valence-electron chi connectivity index (χ0n) is 16.4. The van der Waals surface area contributed by atoms with Gasteiger partial charge >= 0.3 is 11.9 Å². The van der Waals surface area contributed by atoms with Crippen LogP contribution in [0.15, 0.2) is 42.1 Å². The van der Waals surface area contributed by atoms with Gasteiger partial charge in [0.15, 0.2) is 6.04 Å². The molecule has 0 aromatic heterocycles. The van der Waals surface area contributed by atoms with Gasteiger partial charge in [-0.3, -0.25) is 4.79 Å². The summed E-state index contributed by atoms with van der Waals surface area (Å²) in [5.41, 5.74) is 1.18. The number of nitrogens with one attached hydrogen (secondary N) is 2. The van der Waals surface area contributed by atoms with E-state index in [4.69, 9.17) is 9.47 Å². The van der Waals surface area contributed by atoms with Gasteiger partial charge in [0.2, 0.25) is 5.91 Å². The van der Waals surface area contributed by atoms with E-state index < -0.39 is 29.9 Å². The number of hydrogen-bond donors (Lipinski definition) is 2. The summed E-state index contributed by atoms with van der Waals surface area (Å²) in [4.78, 5) is 36.3. The Bertz CT molecular complexity index is 670. The highest BCUT2D eigenvalue weighted by Gasteiger charge is 2.25. The minimum atomic E-state index is -0.749. The van der Waals surface area contributed by atoms with Crippen molar-refractivity contribution in [3.8, 4) is 0 Å². The molecule has 0 saturated carbocycles. The Morgan fingerprint density at radius 2 is 1.70 bits per heavy atom. The van der Waals surface area contributed by atoms with E-state index in [0.717, 1.165) is 5.56 Å². The Labute approximate surface area is 160 Å². The van der Waals surface area contributed by atoms with Gasteiger partial charge in [0.05, 0.1) is 13.7 Å². The third-order valence-corrected chi connectivity index (χ3v) is 3.79. The highest BCUT2D eigenvalue weighted by molar-refractivity contribution is 5.92. The maximum absolute atomic E-state index is 12.3.